The summed E-state index contributed by atoms with van der Waals surface area (Å²) in [7, 11) is 1.45. The second-order valence-corrected chi connectivity index (χ2v) is 4.24. The molecule has 0 aliphatic carbocycles. The summed E-state index contributed by atoms with van der Waals surface area (Å²) >= 11 is 0. The lowest BCUT2D eigenvalue weighted by Crippen LogP contribution is -2.36. The van der Waals surface area contributed by atoms with E-state index in [1.54, 1.807) is 6.92 Å². The fourth-order valence-corrected chi connectivity index (χ4v) is 1.55. The van der Waals surface area contributed by atoms with Gasteiger partial charge in [0.05, 0.1) is 5.56 Å². The van der Waals surface area contributed by atoms with Gasteiger partial charge in [-0.05, 0) is 12.1 Å². The predicted octanol–water partition coefficient (Wildman–Crippen LogP) is 1.42. The van der Waals surface area contributed by atoms with E-state index in [-0.39, 0.29) is 23.9 Å². The molecule has 0 saturated carbocycles. The van der Waals surface area contributed by atoms with E-state index < -0.39 is 17.5 Å². The third-order valence-corrected chi connectivity index (χ3v) is 2.68. The molecule has 0 saturated heterocycles. The van der Waals surface area contributed by atoms with Gasteiger partial charge in [0.1, 0.15) is 17.5 Å². The van der Waals surface area contributed by atoms with E-state index in [0.717, 1.165) is 12.1 Å². The lowest BCUT2D eigenvalue weighted by Gasteiger charge is -2.21. The Labute approximate surface area is 109 Å². The Morgan fingerprint density at radius 1 is 1.53 bits per heavy atom. The number of benzene rings is 1. The van der Waals surface area contributed by atoms with Gasteiger partial charge in [-0.25, -0.2) is 8.78 Å². The van der Waals surface area contributed by atoms with Crippen molar-refractivity contribution in [1.29, 1.82) is 0 Å². The SMILES string of the molecule is CC(CN(C)C(=O)c1ccc(F)cc1F)/C(N)=N/O. The molecule has 1 rings (SSSR count). The summed E-state index contributed by atoms with van der Waals surface area (Å²) in [5.74, 6) is -2.69. The highest BCUT2D eigenvalue weighted by Crippen LogP contribution is 2.12. The van der Waals surface area contributed by atoms with Crippen LogP contribution in [0, 0.1) is 17.6 Å². The number of nitrogens with zero attached hydrogens (tertiary/aromatic N) is 2. The zero-order chi connectivity index (χ0) is 14.6. The van der Waals surface area contributed by atoms with Gasteiger partial charge in [-0.3, -0.25) is 4.79 Å². The number of carbonyl (C=O) groups excluding carboxylic acids is 1. The van der Waals surface area contributed by atoms with E-state index in [0.29, 0.717) is 6.07 Å². The normalized spacial score (nSPS) is 13.2. The Bertz CT molecular complexity index is 506. The average molecular weight is 271 g/mol. The van der Waals surface area contributed by atoms with Crippen molar-refractivity contribution in [2.45, 2.75) is 6.92 Å². The monoisotopic (exact) mass is 271 g/mol. The van der Waals surface area contributed by atoms with Gasteiger partial charge in [0.25, 0.3) is 5.91 Å². The Morgan fingerprint density at radius 2 is 2.16 bits per heavy atom. The summed E-state index contributed by atoms with van der Waals surface area (Å²) in [5, 5.41) is 11.3. The Hall–Kier alpha value is -2.18. The predicted molar refractivity (Wildman–Crippen MR) is 65.9 cm³/mol. The van der Waals surface area contributed by atoms with Crippen LogP contribution >= 0.6 is 0 Å². The van der Waals surface area contributed by atoms with Crippen LogP contribution in [0.4, 0.5) is 8.78 Å². The van der Waals surface area contributed by atoms with Crippen molar-refractivity contribution in [3.63, 3.8) is 0 Å². The van der Waals surface area contributed by atoms with Crippen molar-refractivity contribution < 1.29 is 18.8 Å². The maximum Gasteiger partial charge on any atom is 0.256 e. The molecule has 104 valence electrons. The number of amidine groups is 1. The molecular formula is C12H15F2N3O2. The molecule has 1 amide bonds. The molecule has 19 heavy (non-hydrogen) atoms. The number of amides is 1. The number of hydrogen-bond donors (Lipinski definition) is 2. The van der Waals surface area contributed by atoms with Crippen LogP contribution in [0.5, 0.6) is 0 Å². The average Bonchev–Trinajstić information content (AvgIpc) is 2.36. The van der Waals surface area contributed by atoms with Crippen LogP contribution in [0.15, 0.2) is 23.4 Å². The van der Waals surface area contributed by atoms with E-state index in [9.17, 15) is 13.6 Å². The van der Waals surface area contributed by atoms with Gasteiger partial charge >= 0.3 is 0 Å². The molecule has 0 radical (unpaired) electrons. The van der Waals surface area contributed by atoms with Crippen LogP contribution < -0.4 is 5.73 Å². The topological polar surface area (TPSA) is 78.9 Å². The first kappa shape index (κ1) is 14.9. The third kappa shape index (κ3) is 3.64. The molecule has 1 unspecified atom stereocenters. The number of hydrogen-bond acceptors (Lipinski definition) is 3. The Morgan fingerprint density at radius 3 is 2.68 bits per heavy atom. The van der Waals surface area contributed by atoms with Gasteiger partial charge in [0, 0.05) is 25.6 Å². The van der Waals surface area contributed by atoms with E-state index in [1.807, 2.05) is 0 Å². The minimum Gasteiger partial charge on any atom is -0.409 e. The molecule has 1 atom stereocenters. The van der Waals surface area contributed by atoms with E-state index in [4.69, 9.17) is 10.9 Å². The van der Waals surface area contributed by atoms with Crippen LogP contribution in [-0.2, 0) is 0 Å². The van der Waals surface area contributed by atoms with Gasteiger partial charge in [0.2, 0.25) is 0 Å². The first-order valence-corrected chi connectivity index (χ1v) is 5.54. The van der Waals surface area contributed by atoms with Crippen LogP contribution in [0.1, 0.15) is 17.3 Å². The van der Waals surface area contributed by atoms with E-state index >= 15 is 0 Å². The summed E-state index contributed by atoms with van der Waals surface area (Å²) in [6.07, 6.45) is 0. The lowest BCUT2D eigenvalue weighted by molar-refractivity contribution is 0.0781. The smallest absolute Gasteiger partial charge is 0.256 e. The quantitative estimate of drug-likeness (QED) is 0.376. The second-order valence-electron chi connectivity index (χ2n) is 4.24. The standard InChI is InChI=1S/C12H15F2N3O2/c1-7(11(15)16-19)6-17(2)12(18)9-4-3-8(13)5-10(9)14/h3-5,7,19H,6H2,1-2H3,(H2,15,16). The van der Waals surface area contributed by atoms with Gasteiger partial charge in [-0.15, -0.1) is 0 Å². The molecule has 0 spiro atoms. The molecule has 1 aromatic rings. The molecule has 0 aliphatic rings. The summed E-state index contributed by atoms with van der Waals surface area (Å²) in [5.41, 5.74) is 5.17. The molecule has 0 heterocycles. The first-order valence-electron chi connectivity index (χ1n) is 5.54. The van der Waals surface area contributed by atoms with Crippen LogP contribution in [0.25, 0.3) is 0 Å². The molecule has 0 aromatic heterocycles. The molecule has 0 aliphatic heterocycles. The molecule has 0 bridgehead atoms. The number of rotatable bonds is 4. The fourth-order valence-electron chi connectivity index (χ4n) is 1.55. The van der Waals surface area contributed by atoms with Crippen LogP contribution in [-0.4, -0.2) is 35.4 Å². The fraction of sp³-hybridized carbons (Fsp3) is 0.333. The highest BCUT2D eigenvalue weighted by Gasteiger charge is 2.19. The van der Waals surface area contributed by atoms with Gasteiger partial charge in [-0.2, -0.15) is 0 Å². The van der Waals surface area contributed by atoms with Gasteiger partial charge < -0.3 is 15.8 Å². The highest BCUT2D eigenvalue weighted by atomic mass is 19.1. The zero-order valence-electron chi connectivity index (χ0n) is 10.6. The van der Waals surface area contributed by atoms with Crippen molar-refractivity contribution in [3.8, 4) is 0 Å². The van der Waals surface area contributed by atoms with Crippen molar-refractivity contribution in [2.24, 2.45) is 16.8 Å². The molecule has 0 fully saturated rings. The van der Waals surface area contributed by atoms with Gasteiger partial charge in [-0.1, -0.05) is 12.1 Å². The molecule has 1 aromatic carbocycles. The number of oxime groups is 1. The molecule has 7 heteroatoms. The largest absolute Gasteiger partial charge is 0.409 e. The third-order valence-electron chi connectivity index (χ3n) is 2.68. The summed E-state index contributed by atoms with van der Waals surface area (Å²) < 4.78 is 26.2. The Balaban J connectivity index is 2.82. The van der Waals surface area contributed by atoms with E-state index in [2.05, 4.69) is 5.16 Å². The van der Waals surface area contributed by atoms with Crippen LogP contribution in [0.2, 0.25) is 0 Å². The van der Waals surface area contributed by atoms with Gasteiger partial charge in [0.15, 0.2) is 0 Å². The van der Waals surface area contributed by atoms with Crippen molar-refractivity contribution in [2.75, 3.05) is 13.6 Å². The minimum absolute atomic E-state index is 0.0285. The highest BCUT2D eigenvalue weighted by molar-refractivity contribution is 5.94. The molecular weight excluding hydrogens is 256 g/mol. The lowest BCUT2D eigenvalue weighted by atomic mass is 10.1. The second kappa shape index (κ2) is 6.12. The van der Waals surface area contributed by atoms with Crippen LogP contribution in [0.3, 0.4) is 0 Å². The zero-order valence-corrected chi connectivity index (χ0v) is 10.6. The maximum absolute atomic E-state index is 13.4. The molecule has 5 nitrogen and oxygen atoms in total. The van der Waals surface area contributed by atoms with Crippen molar-refractivity contribution in [3.05, 3.63) is 35.4 Å². The number of carbonyl (C=O) groups is 1. The van der Waals surface area contributed by atoms with Crippen molar-refractivity contribution >= 4 is 11.7 Å². The van der Waals surface area contributed by atoms with E-state index in [1.165, 1.54) is 11.9 Å². The maximum atomic E-state index is 13.4. The minimum atomic E-state index is -0.923. The summed E-state index contributed by atoms with van der Waals surface area (Å²) in [6, 6.07) is 2.74. The number of nitrogens with two attached hydrogens (primary N) is 1. The summed E-state index contributed by atoms with van der Waals surface area (Å²) in [6.45, 7) is 1.80. The number of halogens is 2. The molecule has 3 N–H and O–H groups in total. The Kier molecular flexibility index (Phi) is 4.80. The van der Waals surface area contributed by atoms with Crippen molar-refractivity contribution in [1.82, 2.24) is 4.90 Å². The summed E-state index contributed by atoms with van der Waals surface area (Å²) in [4.78, 5) is 13.2. The first-order chi connectivity index (χ1) is 8.86.